The van der Waals surface area contributed by atoms with Crippen LogP contribution in [0.3, 0.4) is 0 Å². The third-order valence-electron chi connectivity index (χ3n) is 2.08. The quantitative estimate of drug-likeness (QED) is 0.662. The number of benzene rings is 1. The van der Waals surface area contributed by atoms with Crippen LogP contribution in [0.4, 0.5) is 0 Å². The third kappa shape index (κ3) is 5.73. The molecular formula is C13H20BrN3. The zero-order valence-corrected chi connectivity index (χ0v) is 12.2. The minimum absolute atomic E-state index is 0.385. The highest BCUT2D eigenvalue weighted by Crippen LogP contribution is 2.12. The van der Waals surface area contributed by atoms with Crippen molar-refractivity contribution in [3.63, 3.8) is 0 Å². The van der Waals surface area contributed by atoms with Gasteiger partial charge in [-0.25, -0.2) is 4.99 Å². The van der Waals surface area contributed by atoms with Gasteiger partial charge in [-0.15, -0.1) is 0 Å². The van der Waals surface area contributed by atoms with Gasteiger partial charge in [0.1, 0.15) is 0 Å². The Morgan fingerprint density at radius 1 is 1.41 bits per heavy atom. The molecular weight excluding hydrogens is 278 g/mol. The van der Waals surface area contributed by atoms with E-state index in [9.17, 15) is 0 Å². The molecule has 4 heteroatoms. The van der Waals surface area contributed by atoms with E-state index in [4.69, 9.17) is 0 Å². The lowest BCUT2D eigenvalue weighted by Crippen LogP contribution is -2.40. The summed E-state index contributed by atoms with van der Waals surface area (Å²) < 4.78 is 1.09. The first-order valence-electron chi connectivity index (χ1n) is 5.91. The van der Waals surface area contributed by atoms with E-state index >= 15 is 0 Å². The second-order valence-corrected chi connectivity index (χ2v) is 5.04. The number of rotatable bonds is 4. The van der Waals surface area contributed by atoms with Gasteiger partial charge in [0.15, 0.2) is 5.96 Å². The molecule has 17 heavy (non-hydrogen) atoms. The Morgan fingerprint density at radius 3 is 2.76 bits per heavy atom. The Labute approximate surface area is 112 Å². The Kier molecular flexibility index (Phi) is 6.05. The summed E-state index contributed by atoms with van der Waals surface area (Å²) in [5, 5.41) is 6.52. The molecule has 0 unspecified atom stereocenters. The minimum Gasteiger partial charge on any atom is -0.357 e. The summed E-state index contributed by atoms with van der Waals surface area (Å²) in [6.07, 6.45) is 0. The van der Waals surface area contributed by atoms with E-state index in [0.29, 0.717) is 12.6 Å². The molecule has 3 nitrogen and oxygen atoms in total. The van der Waals surface area contributed by atoms with Crippen molar-refractivity contribution in [2.24, 2.45) is 4.99 Å². The van der Waals surface area contributed by atoms with Crippen molar-refractivity contribution < 1.29 is 0 Å². The summed E-state index contributed by atoms with van der Waals surface area (Å²) in [6.45, 7) is 7.83. The van der Waals surface area contributed by atoms with Crippen molar-refractivity contribution in [3.8, 4) is 0 Å². The maximum absolute atomic E-state index is 4.54. The number of nitrogens with one attached hydrogen (secondary N) is 2. The Morgan fingerprint density at radius 2 is 2.18 bits per heavy atom. The van der Waals surface area contributed by atoms with Crippen LogP contribution in [0.25, 0.3) is 0 Å². The Hall–Kier alpha value is -1.03. The van der Waals surface area contributed by atoms with Gasteiger partial charge in [-0.1, -0.05) is 28.1 Å². The SMILES string of the molecule is CCNC(=NCc1cccc(Br)c1)NC(C)C. The van der Waals surface area contributed by atoms with Gasteiger partial charge in [-0.3, -0.25) is 0 Å². The van der Waals surface area contributed by atoms with Gasteiger partial charge in [0, 0.05) is 17.1 Å². The van der Waals surface area contributed by atoms with Gasteiger partial charge in [0.25, 0.3) is 0 Å². The van der Waals surface area contributed by atoms with Crippen LogP contribution in [0.15, 0.2) is 33.7 Å². The molecule has 1 aromatic carbocycles. The molecule has 0 aromatic heterocycles. The number of guanidine groups is 1. The largest absolute Gasteiger partial charge is 0.357 e. The average molecular weight is 298 g/mol. The fourth-order valence-corrected chi connectivity index (χ4v) is 1.85. The molecule has 1 aromatic rings. The van der Waals surface area contributed by atoms with Crippen LogP contribution in [0.5, 0.6) is 0 Å². The molecule has 0 aliphatic carbocycles. The van der Waals surface area contributed by atoms with Crippen LogP contribution >= 0.6 is 15.9 Å². The molecule has 0 saturated carbocycles. The lowest BCUT2D eigenvalue weighted by Gasteiger charge is -2.13. The molecule has 0 aliphatic rings. The van der Waals surface area contributed by atoms with Gasteiger partial charge in [-0.05, 0) is 38.5 Å². The van der Waals surface area contributed by atoms with Crippen LogP contribution in [0.1, 0.15) is 26.3 Å². The molecule has 0 amide bonds. The molecule has 0 saturated heterocycles. The fraction of sp³-hybridized carbons (Fsp3) is 0.462. The van der Waals surface area contributed by atoms with Crippen LogP contribution in [0.2, 0.25) is 0 Å². The second kappa shape index (κ2) is 7.33. The summed E-state index contributed by atoms with van der Waals surface area (Å²) in [5.41, 5.74) is 1.19. The molecule has 0 spiro atoms. The van der Waals surface area contributed by atoms with E-state index < -0.39 is 0 Å². The first kappa shape index (κ1) is 14.0. The summed E-state index contributed by atoms with van der Waals surface area (Å²) in [4.78, 5) is 4.54. The Balaban J connectivity index is 2.64. The maximum Gasteiger partial charge on any atom is 0.191 e. The monoisotopic (exact) mass is 297 g/mol. The van der Waals surface area contributed by atoms with Gasteiger partial charge in [0.05, 0.1) is 6.54 Å². The molecule has 0 atom stereocenters. The number of halogens is 1. The summed E-state index contributed by atoms with van der Waals surface area (Å²) in [7, 11) is 0. The lowest BCUT2D eigenvalue weighted by atomic mass is 10.2. The van der Waals surface area contributed by atoms with E-state index in [-0.39, 0.29) is 0 Å². The van der Waals surface area contributed by atoms with Crippen molar-refractivity contribution in [2.45, 2.75) is 33.4 Å². The first-order chi connectivity index (χ1) is 8.11. The number of aliphatic imine (C=N–C) groups is 1. The molecule has 0 fully saturated rings. The van der Waals surface area contributed by atoms with E-state index in [1.54, 1.807) is 0 Å². The highest BCUT2D eigenvalue weighted by molar-refractivity contribution is 9.10. The van der Waals surface area contributed by atoms with Crippen LogP contribution < -0.4 is 10.6 Å². The molecule has 1 rings (SSSR count). The van der Waals surface area contributed by atoms with Crippen molar-refractivity contribution in [2.75, 3.05) is 6.54 Å². The van der Waals surface area contributed by atoms with Crippen LogP contribution in [0, 0.1) is 0 Å². The topological polar surface area (TPSA) is 36.4 Å². The average Bonchev–Trinajstić information content (AvgIpc) is 2.26. The first-order valence-corrected chi connectivity index (χ1v) is 6.70. The summed E-state index contributed by atoms with van der Waals surface area (Å²) >= 11 is 3.46. The van der Waals surface area contributed by atoms with Crippen molar-refractivity contribution in [1.82, 2.24) is 10.6 Å². The van der Waals surface area contributed by atoms with E-state index in [1.165, 1.54) is 5.56 Å². The molecule has 94 valence electrons. The van der Waals surface area contributed by atoms with E-state index in [0.717, 1.165) is 17.0 Å². The number of hydrogen-bond acceptors (Lipinski definition) is 1. The minimum atomic E-state index is 0.385. The second-order valence-electron chi connectivity index (χ2n) is 4.12. The zero-order valence-electron chi connectivity index (χ0n) is 10.6. The van der Waals surface area contributed by atoms with Crippen molar-refractivity contribution in [3.05, 3.63) is 34.3 Å². The lowest BCUT2D eigenvalue weighted by molar-refractivity contribution is 0.700. The van der Waals surface area contributed by atoms with Gasteiger partial charge in [0.2, 0.25) is 0 Å². The smallest absolute Gasteiger partial charge is 0.191 e. The highest BCUT2D eigenvalue weighted by atomic mass is 79.9. The molecule has 0 heterocycles. The van der Waals surface area contributed by atoms with E-state index in [2.05, 4.69) is 64.5 Å². The van der Waals surface area contributed by atoms with Crippen LogP contribution in [-0.4, -0.2) is 18.5 Å². The Bertz CT molecular complexity index is 375. The number of nitrogens with zero attached hydrogens (tertiary/aromatic N) is 1. The third-order valence-corrected chi connectivity index (χ3v) is 2.57. The van der Waals surface area contributed by atoms with E-state index in [1.807, 2.05) is 12.1 Å². The maximum atomic E-state index is 4.54. The fourth-order valence-electron chi connectivity index (χ4n) is 1.40. The molecule has 0 bridgehead atoms. The molecule has 2 N–H and O–H groups in total. The highest BCUT2D eigenvalue weighted by Gasteiger charge is 1.99. The molecule has 0 radical (unpaired) electrons. The van der Waals surface area contributed by atoms with Gasteiger partial charge >= 0.3 is 0 Å². The summed E-state index contributed by atoms with van der Waals surface area (Å²) in [6, 6.07) is 8.59. The number of hydrogen-bond donors (Lipinski definition) is 2. The van der Waals surface area contributed by atoms with Gasteiger partial charge < -0.3 is 10.6 Å². The predicted molar refractivity (Wildman–Crippen MR) is 77.2 cm³/mol. The van der Waals surface area contributed by atoms with Gasteiger partial charge in [-0.2, -0.15) is 0 Å². The van der Waals surface area contributed by atoms with Crippen molar-refractivity contribution in [1.29, 1.82) is 0 Å². The molecule has 0 aliphatic heterocycles. The zero-order chi connectivity index (χ0) is 12.7. The normalized spacial score (nSPS) is 11.7. The summed E-state index contributed by atoms with van der Waals surface area (Å²) in [5.74, 6) is 0.863. The van der Waals surface area contributed by atoms with Crippen LogP contribution in [-0.2, 0) is 6.54 Å². The predicted octanol–water partition coefficient (Wildman–Crippen LogP) is 2.91. The standard InChI is InChI=1S/C13H20BrN3/c1-4-15-13(17-10(2)3)16-9-11-6-5-7-12(14)8-11/h5-8,10H,4,9H2,1-3H3,(H2,15,16,17). The van der Waals surface area contributed by atoms with Crippen molar-refractivity contribution >= 4 is 21.9 Å².